The van der Waals surface area contributed by atoms with Gasteiger partial charge in [0.2, 0.25) is 5.43 Å². The van der Waals surface area contributed by atoms with Crippen LogP contribution in [0.2, 0.25) is 0 Å². The Balaban J connectivity index is 2.73. The Kier molecular flexibility index (Phi) is 5.20. The van der Waals surface area contributed by atoms with Gasteiger partial charge in [0.15, 0.2) is 0 Å². The molecule has 22 heavy (non-hydrogen) atoms. The fourth-order valence-electron chi connectivity index (χ4n) is 2.45. The number of aromatic nitrogens is 1. The van der Waals surface area contributed by atoms with Crippen molar-refractivity contribution < 1.29 is 14.3 Å². The van der Waals surface area contributed by atoms with Gasteiger partial charge in [0, 0.05) is 12.7 Å². The molecular weight excluding hydrogens is 282 g/mol. The number of methoxy groups -OCH3 is 1. The molecule has 0 radical (unpaired) electrons. The van der Waals surface area contributed by atoms with Crippen LogP contribution in [0.5, 0.6) is 5.75 Å². The van der Waals surface area contributed by atoms with E-state index in [2.05, 4.69) is 6.92 Å². The van der Waals surface area contributed by atoms with Crippen molar-refractivity contribution in [2.24, 2.45) is 0 Å². The molecule has 0 atom stereocenters. The lowest BCUT2D eigenvalue weighted by Gasteiger charge is -2.15. The van der Waals surface area contributed by atoms with Crippen LogP contribution >= 0.6 is 0 Å². The number of aryl methyl sites for hydroxylation is 1. The van der Waals surface area contributed by atoms with Gasteiger partial charge in [-0.25, -0.2) is 4.79 Å². The molecule has 0 aliphatic heterocycles. The first-order valence-electron chi connectivity index (χ1n) is 7.51. The molecule has 0 spiro atoms. The van der Waals surface area contributed by atoms with E-state index in [-0.39, 0.29) is 17.6 Å². The minimum Gasteiger partial charge on any atom is -0.495 e. The Morgan fingerprint density at radius 1 is 1.27 bits per heavy atom. The smallest absolute Gasteiger partial charge is 0.343 e. The number of nitrogens with zero attached hydrogens (tertiary/aromatic N) is 1. The Morgan fingerprint density at radius 2 is 2.05 bits per heavy atom. The monoisotopic (exact) mass is 303 g/mol. The molecule has 0 saturated carbocycles. The van der Waals surface area contributed by atoms with Crippen LogP contribution in [0.3, 0.4) is 0 Å². The summed E-state index contributed by atoms with van der Waals surface area (Å²) in [5.74, 6) is 0.0450. The maximum absolute atomic E-state index is 12.6. The number of benzene rings is 1. The number of para-hydroxylation sites is 1. The number of fused-ring (bicyclic) bond motifs is 1. The van der Waals surface area contributed by atoms with E-state index < -0.39 is 5.97 Å². The average Bonchev–Trinajstić information content (AvgIpc) is 2.54. The van der Waals surface area contributed by atoms with E-state index in [4.69, 9.17) is 9.47 Å². The molecule has 1 aromatic heterocycles. The molecule has 0 aliphatic carbocycles. The summed E-state index contributed by atoms with van der Waals surface area (Å²) < 4.78 is 12.3. The number of ether oxygens (including phenoxy) is 2. The van der Waals surface area contributed by atoms with Crippen molar-refractivity contribution in [3.8, 4) is 5.75 Å². The molecule has 0 aliphatic rings. The first kappa shape index (κ1) is 16.1. The van der Waals surface area contributed by atoms with Crippen molar-refractivity contribution in [1.82, 2.24) is 4.57 Å². The van der Waals surface area contributed by atoms with Crippen molar-refractivity contribution >= 4 is 16.9 Å². The number of pyridine rings is 1. The van der Waals surface area contributed by atoms with E-state index in [0.29, 0.717) is 17.7 Å². The summed E-state index contributed by atoms with van der Waals surface area (Å²) in [5, 5.41) is 0.473. The van der Waals surface area contributed by atoms with Crippen molar-refractivity contribution in [3.05, 3.63) is 40.2 Å². The van der Waals surface area contributed by atoms with Gasteiger partial charge in [-0.1, -0.05) is 19.4 Å². The number of carbonyl (C=O) groups excluding carboxylic acids is 1. The van der Waals surface area contributed by atoms with Crippen LogP contribution in [0.1, 0.15) is 37.0 Å². The van der Waals surface area contributed by atoms with Crippen LogP contribution in [-0.2, 0) is 11.3 Å². The second-order valence-corrected chi connectivity index (χ2v) is 5.00. The molecule has 1 aromatic carbocycles. The SMILES string of the molecule is CCCCn1cc(C(=O)OCC)c(=O)c2cccc(OC)c21. The van der Waals surface area contributed by atoms with Crippen LogP contribution in [0.15, 0.2) is 29.2 Å². The molecule has 1 heterocycles. The van der Waals surface area contributed by atoms with E-state index in [0.717, 1.165) is 18.4 Å². The van der Waals surface area contributed by atoms with Gasteiger partial charge < -0.3 is 14.0 Å². The van der Waals surface area contributed by atoms with E-state index in [1.165, 1.54) is 0 Å². The minimum absolute atomic E-state index is 0.0682. The van der Waals surface area contributed by atoms with Crippen molar-refractivity contribution in [3.63, 3.8) is 0 Å². The zero-order chi connectivity index (χ0) is 16.1. The van der Waals surface area contributed by atoms with Gasteiger partial charge in [-0.15, -0.1) is 0 Å². The average molecular weight is 303 g/mol. The molecule has 0 amide bonds. The van der Waals surface area contributed by atoms with E-state index in [9.17, 15) is 9.59 Å². The highest BCUT2D eigenvalue weighted by Gasteiger charge is 2.18. The first-order chi connectivity index (χ1) is 10.6. The summed E-state index contributed by atoms with van der Waals surface area (Å²) in [7, 11) is 1.57. The number of rotatable bonds is 6. The molecule has 2 rings (SSSR count). The molecule has 2 aromatic rings. The second kappa shape index (κ2) is 7.11. The Labute approximate surface area is 129 Å². The highest BCUT2D eigenvalue weighted by Crippen LogP contribution is 2.24. The van der Waals surface area contributed by atoms with Gasteiger partial charge in [-0.3, -0.25) is 4.79 Å². The maximum atomic E-state index is 12.6. The molecule has 5 heteroatoms. The maximum Gasteiger partial charge on any atom is 0.343 e. The summed E-state index contributed by atoms with van der Waals surface area (Å²) in [5.41, 5.74) is 0.468. The third kappa shape index (κ3) is 2.98. The second-order valence-electron chi connectivity index (χ2n) is 5.00. The molecule has 0 unspecified atom stereocenters. The highest BCUT2D eigenvalue weighted by atomic mass is 16.5. The van der Waals surface area contributed by atoms with Crippen LogP contribution in [-0.4, -0.2) is 24.3 Å². The molecule has 0 N–H and O–H groups in total. The molecule has 0 bridgehead atoms. The lowest BCUT2D eigenvalue weighted by molar-refractivity contribution is 0.0524. The first-order valence-corrected chi connectivity index (χ1v) is 7.51. The predicted molar refractivity (Wildman–Crippen MR) is 85.6 cm³/mol. The zero-order valence-corrected chi connectivity index (χ0v) is 13.2. The number of carbonyl (C=O) groups is 1. The van der Waals surface area contributed by atoms with Gasteiger partial charge in [0.05, 0.1) is 24.6 Å². The molecule has 0 saturated heterocycles. The summed E-state index contributed by atoms with van der Waals surface area (Å²) >= 11 is 0. The summed E-state index contributed by atoms with van der Waals surface area (Å²) in [6.45, 7) is 4.76. The Hall–Kier alpha value is -2.30. The minimum atomic E-state index is -0.581. The standard InChI is InChI=1S/C17H21NO4/c1-4-6-10-18-11-13(17(20)22-5-2)16(19)12-8-7-9-14(21-3)15(12)18/h7-9,11H,4-6,10H2,1-3H3. The number of hydrogen-bond donors (Lipinski definition) is 0. The van der Waals surface area contributed by atoms with Gasteiger partial charge >= 0.3 is 5.97 Å². The third-order valence-corrected chi connectivity index (χ3v) is 3.53. The lowest BCUT2D eigenvalue weighted by Crippen LogP contribution is -2.21. The van der Waals surface area contributed by atoms with Gasteiger partial charge in [0.25, 0.3) is 0 Å². The molecule has 118 valence electrons. The van der Waals surface area contributed by atoms with E-state index in [1.807, 2.05) is 10.6 Å². The third-order valence-electron chi connectivity index (χ3n) is 3.53. The van der Waals surface area contributed by atoms with Crippen LogP contribution in [0, 0.1) is 0 Å². The summed E-state index contributed by atoms with van der Waals surface area (Å²) in [6.07, 6.45) is 3.54. The fraction of sp³-hybridized carbons (Fsp3) is 0.412. The van der Waals surface area contributed by atoms with E-state index in [1.54, 1.807) is 32.4 Å². The van der Waals surface area contributed by atoms with Crippen molar-refractivity contribution in [2.75, 3.05) is 13.7 Å². The molecular formula is C17H21NO4. The lowest BCUT2D eigenvalue weighted by atomic mass is 10.1. The quantitative estimate of drug-likeness (QED) is 0.770. The topological polar surface area (TPSA) is 57.5 Å². The number of esters is 1. The van der Waals surface area contributed by atoms with E-state index >= 15 is 0 Å². The van der Waals surface area contributed by atoms with Gasteiger partial charge in [-0.2, -0.15) is 0 Å². The Bertz CT molecular complexity index is 733. The largest absolute Gasteiger partial charge is 0.495 e. The summed E-state index contributed by atoms with van der Waals surface area (Å²) in [4.78, 5) is 24.6. The molecule has 0 fully saturated rings. The predicted octanol–water partition coefficient (Wildman–Crippen LogP) is 2.99. The van der Waals surface area contributed by atoms with Crippen molar-refractivity contribution in [1.29, 1.82) is 0 Å². The van der Waals surface area contributed by atoms with Crippen LogP contribution in [0.4, 0.5) is 0 Å². The Morgan fingerprint density at radius 3 is 2.68 bits per heavy atom. The van der Waals surface area contributed by atoms with Crippen LogP contribution < -0.4 is 10.2 Å². The highest BCUT2D eigenvalue weighted by molar-refractivity contribution is 5.95. The fourth-order valence-corrected chi connectivity index (χ4v) is 2.45. The van der Waals surface area contributed by atoms with Gasteiger partial charge in [-0.05, 0) is 25.5 Å². The number of unbranched alkanes of at least 4 members (excludes halogenated alkanes) is 1. The normalized spacial score (nSPS) is 10.7. The summed E-state index contributed by atoms with van der Waals surface area (Å²) in [6, 6.07) is 5.28. The zero-order valence-electron chi connectivity index (χ0n) is 13.2. The number of hydrogen-bond acceptors (Lipinski definition) is 4. The van der Waals surface area contributed by atoms with Crippen molar-refractivity contribution in [2.45, 2.75) is 33.2 Å². The van der Waals surface area contributed by atoms with Crippen LogP contribution in [0.25, 0.3) is 10.9 Å². The molecule has 5 nitrogen and oxygen atoms in total. The van der Waals surface area contributed by atoms with Gasteiger partial charge in [0.1, 0.15) is 11.3 Å².